The molecular weight excluding hydrogens is 416 g/mol. The third-order valence-electron chi connectivity index (χ3n) is 4.70. The third-order valence-corrected chi connectivity index (χ3v) is 5.35. The van der Waals surface area contributed by atoms with Crippen LogP contribution < -0.4 is 0 Å². The lowest BCUT2D eigenvalue weighted by atomic mass is 9.91. The van der Waals surface area contributed by atoms with E-state index in [-0.39, 0.29) is 6.03 Å². The maximum atomic E-state index is 13.0. The summed E-state index contributed by atoms with van der Waals surface area (Å²) in [5.74, 6) is 0. The van der Waals surface area contributed by atoms with Gasteiger partial charge in [0.15, 0.2) is 6.23 Å². The largest absolute Gasteiger partial charge is 0.370 e. The number of allylic oxidation sites excluding steroid dienone is 3. The van der Waals surface area contributed by atoms with E-state index in [4.69, 9.17) is 11.6 Å². The zero-order valence-electron chi connectivity index (χ0n) is 15.6. The van der Waals surface area contributed by atoms with Crippen molar-refractivity contribution in [3.05, 3.63) is 63.1 Å². The van der Waals surface area contributed by atoms with Gasteiger partial charge in [-0.05, 0) is 63.1 Å². The second-order valence-electron chi connectivity index (χ2n) is 6.85. The van der Waals surface area contributed by atoms with Crippen molar-refractivity contribution in [3.8, 4) is 0 Å². The highest BCUT2D eigenvalue weighted by Gasteiger charge is 2.41. The number of hydrogen-bond acceptors (Lipinski definition) is 2. The fourth-order valence-corrected chi connectivity index (χ4v) is 3.15. The summed E-state index contributed by atoms with van der Waals surface area (Å²) < 4.78 is 0.957. The zero-order valence-corrected chi connectivity index (χ0v) is 18.0. The van der Waals surface area contributed by atoms with Gasteiger partial charge in [0.2, 0.25) is 0 Å². The molecule has 26 heavy (non-hydrogen) atoms. The first kappa shape index (κ1) is 20.7. The van der Waals surface area contributed by atoms with Crippen LogP contribution in [0.4, 0.5) is 4.79 Å². The van der Waals surface area contributed by atoms with E-state index in [0.717, 1.165) is 15.6 Å². The fraction of sp³-hybridized carbons (Fsp3) is 0.350. The molecule has 1 heterocycles. The first-order chi connectivity index (χ1) is 12.1. The molecule has 1 atom stereocenters. The number of aliphatic hydroxyl groups excluding tert-OH is 1. The van der Waals surface area contributed by atoms with Gasteiger partial charge in [-0.3, -0.25) is 9.80 Å². The van der Waals surface area contributed by atoms with E-state index in [1.807, 2.05) is 51.1 Å². The maximum absolute atomic E-state index is 13.0. The summed E-state index contributed by atoms with van der Waals surface area (Å²) in [6.07, 6.45) is 4.32. The van der Waals surface area contributed by atoms with Crippen LogP contribution in [-0.4, -0.2) is 39.8 Å². The highest BCUT2D eigenvalue weighted by molar-refractivity contribution is 9.10. The molecule has 1 aromatic rings. The predicted octanol–water partition coefficient (Wildman–Crippen LogP) is 5.34. The number of benzene rings is 1. The first-order valence-corrected chi connectivity index (χ1v) is 9.47. The monoisotopic (exact) mass is 438 g/mol. The minimum absolute atomic E-state index is 0.262. The summed E-state index contributed by atoms with van der Waals surface area (Å²) in [5.41, 5.74) is 1.78. The molecule has 1 unspecified atom stereocenters. The van der Waals surface area contributed by atoms with Crippen molar-refractivity contribution < 1.29 is 9.90 Å². The zero-order chi connectivity index (χ0) is 19.6. The molecule has 0 saturated carbocycles. The molecule has 0 bridgehead atoms. The van der Waals surface area contributed by atoms with Crippen LogP contribution in [0.2, 0.25) is 0 Å². The molecule has 1 aliphatic heterocycles. The molecule has 0 fully saturated rings. The number of hydrogen-bond donors (Lipinski definition) is 1. The lowest BCUT2D eigenvalue weighted by molar-refractivity contribution is 0.00698. The quantitative estimate of drug-likeness (QED) is 0.643. The van der Waals surface area contributed by atoms with E-state index in [0.29, 0.717) is 10.7 Å². The smallest absolute Gasteiger partial charge is 0.327 e. The molecule has 1 aromatic carbocycles. The van der Waals surface area contributed by atoms with Crippen LogP contribution in [0, 0.1) is 0 Å². The number of carbonyl (C=O) groups is 1. The number of nitrogens with zero attached hydrogens (tertiary/aromatic N) is 2. The van der Waals surface area contributed by atoms with E-state index >= 15 is 0 Å². The predicted molar refractivity (Wildman–Crippen MR) is 111 cm³/mol. The van der Waals surface area contributed by atoms with Gasteiger partial charge in [0.25, 0.3) is 0 Å². The van der Waals surface area contributed by atoms with E-state index in [1.165, 1.54) is 4.90 Å². The van der Waals surface area contributed by atoms with Crippen LogP contribution in [0.25, 0.3) is 5.70 Å². The number of carbonyl (C=O) groups excluding carboxylic acids is 1. The lowest BCUT2D eigenvalue weighted by Gasteiger charge is -2.46. The van der Waals surface area contributed by atoms with Gasteiger partial charge in [-0.1, -0.05) is 45.7 Å². The van der Waals surface area contributed by atoms with Crippen molar-refractivity contribution in [2.45, 2.75) is 39.5 Å². The Labute approximate surface area is 168 Å². The van der Waals surface area contributed by atoms with Gasteiger partial charge < -0.3 is 5.11 Å². The molecule has 4 nitrogen and oxygen atoms in total. The van der Waals surface area contributed by atoms with E-state index in [2.05, 4.69) is 15.9 Å². The van der Waals surface area contributed by atoms with E-state index in [1.54, 1.807) is 31.0 Å². The van der Waals surface area contributed by atoms with Crippen LogP contribution in [0.1, 0.15) is 33.3 Å². The second kappa shape index (κ2) is 7.99. The molecule has 1 aliphatic rings. The van der Waals surface area contributed by atoms with Crippen molar-refractivity contribution in [2.24, 2.45) is 0 Å². The average molecular weight is 440 g/mol. The van der Waals surface area contributed by atoms with Crippen molar-refractivity contribution in [1.29, 1.82) is 0 Å². The standard InChI is InChI=1S/C20H24BrClN2O2/c1-13(6-7-14(2)22)20(3,4)24-18(25)12-17(23(5)19(24)26)15-8-10-16(21)11-9-15/h6-12,18,25H,1-5H3/b13-6+,14-7+. The van der Waals surface area contributed by atoms with Crippen molar-refractivity contribution in [1.82, 2.24) is 9.80 Å². The van der Waals surface area contributed by atoms with Gasteiger partial charge in [-0.2, -0.15) is 0 Å². The van der Waals surface area contributed by atoms with Crippen LogP contribution in [0.3, 0.4) is 0 Å². The molecule has 2 rings (SSSR count). The number of amides is 2. The van der Waals surface area contributed by atoms with Crippen molar-refractivity contribution in [3.63, 3.8) is 0 Å². The summed E-state index contributed by atoms with van der Waals surface area (Å²) >= 11 is 9.31. The molecule has 0 aliphatic carbocycles. The summed E-state index contributed by atoms with van der Waals surface area (Å²) in [4.78, 5) is 16.1. The van der Waals surface area contributed by atoms with Gasteiger partial charge in [-0.15, -0.1) is 0 Å². The van der Waals surface area contributed by atoms with Crippen LogP contribution in [0.5, 0.6) is 0 Å². The Morgan fingerprint density at radius 1 is 1.23 bits per heavy atom. The average Bonchev–Trinajstić information content (AvgIpc) is 2.56. The van der Waals surface area contributed by atoms with Gasteiger partial charge in [-0.25, -0.2) is 4.79 Å². The normalized spacial score (nSPS) is 19.8. The highest BCUT2D eigenvalue weighted by Crippen LogP contribution is 2.34. The molecule has 0 radical (unpaired) electrons. The van der Waals surface area contributed by atoms with E-state index in [9.17, 15) is 9.90 Å². The minimum Gasteiger partial charge on any atom is -0.370 e. The molecule has 0 aromatic heterocycles. The molecule has 140 valence electrons. The highest BCUT2D eigenvalue weighted by atomic mass is 79.9. The number of aliphatic hydroxyl groups is 1. The molecule has 1 N–H and O–H groups in total. The Kier molecular flexibility index (Phi) is 6.37. The first-order valence-electron chi connectivity index (χ1n) is 8.29. The van der Waals surface area contributed by atoms with E-state index < -0.39 is 11.8 Å². The Balaban J connectivity index is 2.41. The third kappa shape index (κ3) is 4.22. The van der Waals surface area contributed by atoms with Gasteiger partial charge in [0.1, 0.15) is 0 Å². The van der Waals surface area contributed by atoms with Crippen LogP contribution in [0.15, 0.2) is 57.6 Å². The fourth-order valence-electron chi connectivity index (χ4n) is 2.82. The Morgan fingerprint density at radius 2 is 1.81 bits per heavy atom. The SMILES string of the molecule is C/C(Cl)=C\C=C(/C)C(C)(C)N1C(=O)N(C)C(c2ccc(Br)cc2)=CC1O. The van der Waals surface area contributed by atoms with Crippen LogP contribution in [-0.2, 0) is 0 Å². The van der Waals surface area contributed by atoms with Gasteiger partial charge in [0.05, 0.1) is 11.2 Å². The molecular formula is C20H24BrClN2O2. The molecule has 2 amide bonds. The summed E-state index contributed by atoms with van der Waals surface area (Å²) in [6.45, 7) is 7.53. The lowest BCUT2D eigenvalue weighted by Crippen LogP contribution is -2.59. The molecule has 0 spiro atoms. The molecule has 6 heteroatoms. The maximum Gasteiger partial charge on any atom is 0.327 e. The topological polar surface area (TPSA) is 43.8 Å². The minimum atomic E-state index is -1.03. The van der Waals surface area contributed by atoms with Gasteiger partial charge >= 0.3 is 6.03 Å². The summed E-state index contributed by atoms with van der Waals surface area (Å²) in [7, 11) is 1.72. The number of rotatable bonds is 4. The number of urea groups is 1. The van der Waals surface area contributed by atoms with Crippen molar-refractivity contribution in [2.75, 3.05) is 7.05 Å². The Morgan fingerprint density at radius 3 is 2.35 bits per heavy atom. The van der Waals surface area contributed by atoms with Crippen LogP contribution >= 0.6 is 27.5 Å². The Bertz CT molecular complexity index is 778. The second-order valence-corrected chi connectivity index (χ2v) is 8.36. The summed E-state index contributed by atoms with van der Waals surface area (Å²) in [5, 5.41) is 11.4. The summed E-state index contributed by atoms with van der Waals surface area (Å²) in [6, 6.07) is 7.37. The Hall–Kier alpha value is -1.56. The van der Waals surface area contributed by atoms with Gasteiger partial charge in [0, 0.05) is 16.6 Å². The molecule has 0 saturated heterocycles. The van der Waals surface area contributed by atoms with Crippen molar-refractivity contribution >= 4 is 39.3 Å². The number of halogens is 2.